The van der Waals surface area contributed by atoms with Gasteiger partial charge in [-0.3, -0.25) is 0 Å². The monoisotopic (exact) mass is 322 g/mol. The average molecular weight is 323 g/mol. The van der Waals surface area contributed by atoms with Gasteiger partial charge in [0.1, 0.15) is 16.6 Å². The summed E-state index contributed by atoms with van der Waals surface area (Å²) in [5, 5.41) is 20.7. The molecule has 114 valence electrons. The maximum atomic E-state index is 10.9. The zero-order valence-corrected chi connectivity index (χ0v) is 12.1. The number of pyridine rings is 2. The third kappa shape index (κ3) is 2.88. The molecule has 9 nitrogen and oxygen atoms in total. The first-order valence-electron chi connectivity index (χ1n) is 5.92. The van der Waals surface area contributed by atoms with Gasteiger partial charge in [0, 0.05) is 18.8 Å². The molecular formula is C12H11ClN6O3. The Labute approximate surface area is 129 Å². The highest BCUT2D eigenvalue weighted by Crippen LogP contribution is 2.39. The molecule has 0 fully saturated rings. The number of nitrogens with two attached hydrogens (primary N) is 1. The smallest absolute Gasteiger partial charge is 0.388 e. The lowest BCUT2D eigenvalue weighted by Gasteiger charge is -2.10. The second-order valence-electron chi connectivity index (χ2n) is 4.03. The van der Waals surface area contributed by atoms with Crippen molar-refractivity contribution in [1.29, 1.82) is 5.41 Å². The molecule has 0 aliphatic rings. The number of halogens is 1. The lowest BCUT2D eigenvalue weighted by Crippen LogP contribution is -2.02. The number of anilines is 2. The number of hydrogen-bond acceptors (Lipinski definition) is 8. The first-order chi connectivity index (χ1) is 10.5. The molecule has 0 aromatic carbocycles. The molecule has 2 aromatic rings. The molecule has 0 bridgehead atoms. The van der Waals surface area contributed by atoms with Crippen LogP contribution >= 0.6 is 11.6 Å². The second kappa shape index (κ2) is 6.22. The van der Waals surface area contributed by atoms with Crippen LogP contribution in [0.5, 0.6) is 11.5 Å². The van der Waals surface area contributed by atoms with Crippen molar-refractivity contribution in [3.8, 4) is 11.5 Å². The molecule has 0 unspecified atom stereocenters. The summed E-state index contributed by atoms with van der Waals surface area (Å²) in [5.41, 5.74) is 5.99. The highest BCUT2D eigenvalue weighted by molar-refractivity contribution is 6.35. The second-order valence-corrected chi connectivity index (χ2v) is 4.41. The summed E-state index contributed by atoms with van der Waals surface area (Å²) in [6.07, 6.45) is 3.52. The van der Waals surface area contributed by atoms with Gasteiger partial charge >= 0.3 is 5.82 Å². The van der Waals surface area contributed by atoms with Crippen LogP contribution in [-0.2, 0) is 0 Å². The van der Waals surface area contributed by atoms with E-state index in [1.54, 1.807) is 0 Å². The van der Waals surface area contributed by atoms with E-state index in [1.165, 1.54) is 19.3 Å². The predicted octanol–water partition coefficient (Wildman–Crippen LogP) is 2.45. The maximum absolute atomic E-state index is 10.9. The third-order valence-corrected chi connectivity index (χ3v) is 3.07. The molecule has 0 radical (unpaired) electrons. The van der Waals surface area contributed by atoms with Crippen molar-refractivity contribution in [2.45, 2.75) is 0 Å². The van der Waals surface area contributed by atoms with Crippen LogP contribution in [-0.4, -0.2) is 28.2 Å². The van der Waals surface area contributed by atoms with Crippen LogP contribution in [0, 0.1) is 15.5 Å². The van der Waals surface area contributed by atoms with Gasteiger partial charge in [0.05, 0.1) is 6.20 Å². The van der Waals surface area contributed by atoms with Gasteiger partial charge in [-0.1, -0.05) is 11.6 Å². The van der Waals surface area contributed by atoms with E-state index in [0.717, 1.165) is 12.4 Å². The number of nitro groups is 1. The van der Waals surface area contributed by atoms with Gasteiger partial charge in [-0.25, -0.2) is 4.98 Å². The summed E-state index contributed by atoms with van der Waals surface area (Å²) in [7, 11) is 1.48. The molecule has 0 spiro atoms. The Morgan fingerprint density at radius 1 is 1.50 bits per heavy atom. The van der Waals surface area contributed by atoms with E-state index in [0.29, 0.717) is 5.56 Å². The van der Waals surface area contributed by atoms with Crippen LogP contribution in [0.4, 0.5) is 17.3 Å². The molecule has 4 N–H and O–H groups in total. The number of hydrogen-bond donors (Lipinski definition) is 3. The Bertz CT molecular complexity index is 752. The molecular weight excluding hydrogens is 312 g/mol. The molecule has 2 aromatic heterocycles. The van der Waals surface area contributed by atoms with Crippen molar-refractivity contribution in [1.82, 2.24) is 9.97 Å². The highest BCUT2D eigenvalue weighted by Gasteiger charge is 2.22. The zero-order chi connectivity index (χ0) is 16.3. The van der Waals surface area contributed by atoms with Crippen LogP contribution in [0.2, 0.25) is 5.02 Å². The SMILES string of the molecule is CNc1c([N+](=O)[O-])ncc(Oc2cnc(N)c(C=N)c2)c1Cl. The number of aromatic nitrogens is 2. The van der Waals surface area contributed by atoms with Crippen LogP contribution < -0.4 is 15.8 Å². The van der Waals surface area contributed by atoms with E-state index < -0.39 is 10.7 Å². The first kappa shape index (κ1) is 15.4. The molecule has 0 aliphatic heterocycles. The summed E-state index contributed by atoms with van der Waals surface area (Å²) in [5.74, 6) is 0.160. The minimum absolute atomic E-state index is 0.0115. The Hall–Kier alpha value is -2.94. The summed E-state index contributed by atoms with van der Waals surface area (Å²) < 4.78 is 5.51. The van der Waals surface area contributed by atoms with E-state index in [9.17, 15) is 10.1 Å². The van der Waals surface area contributed by atoms with E-state index >= 15 is 0 Å². The molecule has 0 aliphatic carbocycles. The van der Waals surface area contributed by atoms with E-state index in [1.807, 2.05) is 0 Å². The van der Waals surface area contributed by atoms with Crippen molar-refractivity contribution in [3.05, 3.63) is 39.2 Å². The topological polar surface area (TPSA) is 140 Å². The number of nitrogens with zero attached hydrogens (tertiary/aromatic N) is 3. The van der Waals surface area contributed by atoms with Gasteiger partial charge in [-0.05, 0) is 16.0 Å². The number of nitrogens with one attached hydrogen (secondary N) is 2. The fourth-order valence-corrected chi connectivity index (χ4v) is 1.93. The maximum Gasteiger partial charge on any atom is 0.388 e. The minimum Gasteiger partial charge on any atom is -0.450 e. The van der Waals surface area contributed by atoms with Gasteiger partial charge in [0.2, 0.25) is 0 Å². The fraction of sp³-hybridized carbons (Fsp3) is 0.0833. The van der Waals surface area contributed by atoms with Gasteiger partial charge in [-0.2, -0.15) is 0 Å². The van der Waals surface area contributed by atoms with E-state index in [4.69, 9.17) is 27.5 Å². The molecule has 22 heavy (non-hydrogen) atoms. The molecule has 2 rings (SSSR count). The Morgan fingerprint density at radius 2 is 2.23 bits per heavy atom. The van der Waals surface area contributed by atoms with E-state index in [-0.39, 0.29) is 28.0 Å². The van der Waals surface area contributed by atoms with Gasteiger partial charge in [0.25, 0.3) is 0 Å². The fourth-order valence-electron chi connectivity index (χ4n) is 1.66. The summed E-state index contributed by atoms with van der Waals surface area (Å²) in [4.78, 5) is 17.8. The standard InChI is InChI=1S/C12H11ClN6O3/c1-16-10-9(13)8(5-18-12(10)19(20)21)22-7-2-6(3-14)11(15)17-4-7/h2-5,14,16H,1H3,(H2,15,17). The lowest BCUT2D eigenvalue weighted by atomic mass is 10.2. The highest BCUT2D eigenvalue weighted by atomic mass is 35.5. The summed E-state index contributed by atoms with van der Waals surface area (Å²) in [6.45, 7) is 0. The minimum atomic E-state index is -0.653. The predicted molar refractivity (Wildman–Crippen MR) is 82.1 cm³/mol. The van der Waals surface area contributed by atoms with Crippen LogP contribution in [0.1, 0.15) is 5.56 Å². The van der Waals surface area contributed by atoms with Crippen molar-refractivity contribution in [3.63, 3.8) is 0 Å². The average Bonchev–Trinajstić information content (AvgIpc) is 2.50. The quantitative estimate of drug-likeness (QED) is 0.436. The zero-order valence-electron chi connectivity index (χ0n) is 11.3. The van der Waals surface area contributed by atoms with Gasteiger partial charge in [0.15, 0.2) is 17.6 Å². The van der Waals surface area contributed by atoms with Crippen molar-refractivity contribution >= 4 is 35.1 Å². The first-order valence-corrected chi connectivity index (χ1v) is 6.30. The Morgan fingerprint density at radius 3 is 2.82 bits per heavy atom. The third-order valence-electron chi connectivity index (χ3n) is 2.69. The number of ether oxygens (including phenoxy) is 1. The van der Waals surface area contributed by atoms with Gasteiger partial charge in [-0.15, -0.1) is 0 Å². The normalized spacial score (nSPS) is 10.1. The van der Waals surface area contributed by atoms with E-state index in [2.05, 4.69) is 15.3 Å². The lowest BCUT2D eigenvalue weighted by molar-refractivity contribution is -0.388. The van der Waals surface area contributed by atoms with Crippen molar-refractivity contribution in [2.75, 3.05) is 18.1 Å². The molecule has 0 saturated heterocycles. The van der Waals surface area contributed by atoms with Crippen LogP contribution in [0.15, 0.2) is 18.5 Å². The van der Waals surface area contributed by atoms with Crippen LogP contribution in [0.25, 0.3) is 0 Å². The molecule has 10 heteroatoms. The number of rotatable bonds is 5. The Balaban J connectivity index is 2.42. The largest absolute Gasteiger partial charge is 0.450 e. The van der Waals surface area contributed by atoms with Crippen molar-refractivity contribution in [2.24, 2.45) is 0 Å². The Kier molecular flexibility index (Phi) is 4.37. The molecule has 0 atom stereocenters. The summed E-state index contributed by atoms with van der Waals surface area (Å²) in [6, 6.07) is 1.49. The van der Waals surface area contributed by atoms with Crippen LogP contribution in [0.3, 0.4) is 0 Å². The molecule has 0 saturated carbocycles. The van der Waals surface area contributed by atoms with Crippen molar-refractivity contribution < 1.29 is 9.66 Å². The number of nitrogen functional groups attached to an aromatic ring is 1. The molecule has 0 amide bonds. The molecule has 2 heterocycles. The summed E-state index contributed by atoms with van der Waals surface area (Å²) >= 11 is 6.09. The van der Waals surface area contributed by atoms with Gasteiger partial charge < -0.3 is 31.3 Å².